The van der Waals surface area contributed by atoms with Gasteiger partial charge in [0, 0.05) is 22.9 Å². The number of benzene rings is 10. The van der Waals surface area contributed by atoms with Crippen molar-refractivity contribution in [3.63, 3.8) is 0 Å². The first-order chi connectivity index (χ1) is 33.3. The van der Waals surface area contributed by atoms with E-state index in [0.717, 1.165) is 64.5 Å². The summed E-state index contributed by atoms with van der Waals surface area (Å²) in [6, 6.07) is 85.4. The molecule has 0 spiro atoms. The molecule has 4 nitrogen and oxygen atoms in total. The van der Waals surface area contributed by atoms with E-state index in [9.17, 15) is 0 Å². The van der Waals surface area contributed by atoms with Gasteiger partial charge in [-0.15, -0.1) is 0 Å². The van der Waals surface area contributed by atoms with Gasteiger partial charge in [-0.25, -0.2) is 8.42 Å². The summed E-state index contributed by atoms with van der Waals surface area (Å²) in [5.41, 5.74) is 14.4. The SMILES string of the molecule is NC(c1ccccc1)C(N)c1ccccc1.O=S(=O)(c1c([PH+](c2ccccc2)c2ccccc2)ccc2ccccc12)c1c([PH+](c2ccccc2)c2ccccc2)ccc2ccccc12.[Cl][Ru+2][Cl]. The second-order valence-corrected chi connectivity index (χ2v) is 25.3. The van der Waals surface area contributed by atoms with E-state index in [-0.39, 0.29) is 27.2 Å². The Kier molecular flexibility index (Phi) is 17.2. The third-order valence-electron chi connectivity index (χ3n) is 11.8. The molecule has 68 heavy (non-hydrogen) atoms. The predicted octanol–water partition coefficient (Wildman–Crippen LogP) is 11.6. The Morgan fingerprint density at radius 1 is 0.353 bits per heavy atom. The number of halogens is 2. The van der Waals surface area contributed by atoms with Crippen LogP contribution in [0, 0.1) is 0 Å². The van der Waals surface area contributed by atoms with Crippen LogP contribution in [0.25, 0.3) is 21.5 Å². The van der Waals surface area contributed by atoms with E-state index in [1.807, 2.05) is 133 Å². The number of rotatable bonds is 11. The van der Waals surface area contributed by atoms with Crippen LogP contribution in [-0.4, -0.2) is 8.42 Å². The van der Waals surface area contributed by atoms with Crippen molar-refractivity contribution in [2.75, 3.05) is 0 Å². The minimum atomic E-state index is -4.12. The Hall–Kier alpha value is -5.35. The maximum absolute atomic E-state index is 16.1. The molecule has 10 aromatic carbocycles. The molecule has 0 aliphatic carbocycles. The molecule has 0 aromatic heterocycles. The van der Waals surface area contributed by atoms with Gasteiger partial charge < -0.3 is 11.5 Å². The third-order valence-corrected chi connectivity index (χ3v) is 19.7. The molecule has 0 saturated heterocycles. The van der Waals surface area contributed by atoms with Gasteiger partial charge in [-0.2, -0.15) is 0 Å². The number of nitrogens with two attached hydrogens (primary N) is 2. The van der Waals surface area contributed by atoms with Crippen LogP contribution >= 0.6 is 35.2 Å². The molecule has 0 fully saturated rings. The standard InChI is InChI=1S/C44H32O2P2S.C14H16N2.2ClH.Ru/c45-49(46,43-39-27-15-13-17-33(39)29-31-41(43)47(35-19-5-1-6-20-35)36-21-7-2-8-22-36)44-40-28-16-14-18-34(40)30-32-42(44)48(37-23-9-3-10-24-37)38-25-11-4-12-26-38;15-13(11-7-3-1-4-8-11)14(16)12-9-5-2-6-10-12;;;/h1-32H;1-10,13-14H,15-16H2;2*1H;/q;;;;+4. The molecule has 0 aliphatic heterocycles. The first kappa shape index (κ1) is 49.1. The molecule has 2 atom stereocenters. The van der Waals surface area contributed by atoms with Crippen LogP contribution < -0.4 is 43.3 Å². The molecule has 0 radical (unpaired) electrons. The molecule has 0 saturated carbocycles. The van der Waals surface area contributed by atoms with Gasteiger partial charge in [-0.1, -0.05) is 194 Å². The van der Waals surface area contributed by atoms with Crippen LogP contribution in [0.4, 0.5) is 0 Å². The van der Waals surface area contributed by atoms with E-state index in [1.54, 1.807) is 0 Å². The van der Waals surface area contributed by atoms with Crippen LogP contribution in [0.3, 0.4) is 0 Å². The van der Waals surface area contributed by atoms with Crippen molar-refractivity contribution >= 4 is 98.4 Å². The zero-order valence-electron chi connectivity index (χ0n) is 36.9. The van der Waals surface area contributed by atoms with Crippen molar-refractivity contribution in [3.05, 3.63) is 266 Å². The molecular formula is C58H50Cl2N2O2P2RuS+4. The van der Waals surface area contributed by atoms with E-state index >= 15 is 8.42 Å². The van der Waals surface area contributed by atoms with Crippen LogP contribution in [0.15, 0.2) is 265 Å². The first-order valence-corrected chi connectivity index (χ1v) is 31.0. The quantitative estimate of drug-likeness (QED) is 0.0998. The summed E-state index contributed by atoms with van der Waals surface area (Å²) in [6.07, 6.45) is 0. The van der Waals surface area contributed by atoms with Gasteiger partial charge >= 0.3 is 34.5 Å². The molecule has 2 unspecified atom stereocenters. The molecule has 10 rings (SSSR count). The summed E-state index contributed by atoms with van der Waals surface area (Å²) >= 11 is -0.346. The number of sulfone groups is 1. The normalized spacial score (nSPS) is 12.1. The summed E-state index contributed by atoms with van der Waals surface area (Å²) in [5.74, 6) is 0. The van der Waals surface area contributed by atoms with Crippen molar-refractivity contribution in [1.82, 2.24) is 0 Å². The fraction of sp³-hybridized carbons (Fsp3) is 0.0345. The molecular weight excluding hydrogens is 1020 g/mol. The predicted molar refractivity (Wildman–Crippen MR) is 292 cm³/mol. The van der Waals surface area contributed by atoms with Crippen LogP contribution in [0.2, 0.25) is 0 Å². The maximum atomic E-state index is 16.1. The van der Waals surface area contributed by atoms with Crippen LogP contribution in [0.5, 0.6) is 0 Å². The second kappa shape index (κ2) is 23.8. The van der Waals surface area contributed by atoms with Gasteiger partial charge in [-0.3, -0.25) is 0 Å². The van der Waals surface area contributed by atoms with E-state index in [0.29, 0.717) is 9.79 Å². The summed E-state index contributed by atoms with van der Waals surface area (Å²) < 4.78 is 32.1. The molecule has 10 heteroatoms. The number of fused-ring (bicyclic) bond motifs is 2. The van der Waals surface area contributed by atoms with E-state index in [1.165, 1.54) is 0 Å². The number of hydrogen-bond donors (Lipinski definition) is 2. The van der Waals surface area contributed by atoms with Crippen LogP contribution in [0.1, 0.15) is 23.2 Å². The van der Waals surface area contributed by atoms with Gasteiger partial charge in [-0.05, 0) is 82.6 Å². The van der Waals surface area contributed by atoms with Gasteiger partial charge in [0.1, 0.15) is 57.5 Å². The topological polar surface area (TPSA) is 86.2 Å². The summed E-state index contributed by atoms with van der Waals surface area (Å²) in [6.45, 7) is 0. The molecule has 4 N–H and O–H groups in total. The molecule has 338 valence electrons. The second-order valence-electron chi connectivity index (χ2n) is 16.0. The van der Waals surface area contributed by atoms with Crippen molar-refractivity contribution in [3.8, 4) is 0 Å². The Morgan fingerprint density at radius 3 is 0.897 bits per heavy atom. The molecule has 10 aromatic rings. The Balaban J connectivity index is 0.000000275. The third kappa shape index (κ3) is 11.2. The molecule has 0 bridgehead atoms. The zero-order valence-corrected chi connectivity index (χ0v) is 43.0. The first-order valence-electron chi connectivity index (χ1n) is 22.0. The molecule has 0 aliphatic rings. The van der Waals surface area contributed by atoms with Crippen molar-refractivity contribution in [2.24, 2.45) is 11.5 Å². The number of hydrogen-bond acceptors (Lipinski definition) is 4. The Labute approximate surface area is 418 Å². The van der Waals surface area contributed by atoms with E-state index < -0.39 is 25.7 Å². The summed E-state index contributed by atoms with van der Waals surface area (Å²) in [7, 11) is 2.09. The average molecular weight is 1070 g/mol. The fourth-order valence-corrected chi connectivity index (χ4v) is 17.2. The van der Waals surface area contributed by atoms with Crippen LogP contribution in [-0.2, 0) is 25.0 Å². The molecule has 0 amide bonds. The van der Waals surface area contributed by atoms with Gasteiger partial charge in [0.05, 0.1) is 0 Å². The van der Waals surface area contributed by atoms with Crippen molar-refractivity contribution in [2.45, 2.75) is 21.9 Å². The summed E-state index contributed by atoms with van der Waals surface area (Å²) in [5, 5.41) is 9.62. The van der Waals surface area contributed by atoms with Gasteiger partial charge in [0.15, 0.2) is 0 Å². The van der Waals surface area contributed by atoms with Crippen molar-refractivity contribution < 1.29 is 23.6 Å². The average Bonchev–Trinajstić information content (AvgIpc) is 3.40. The Bertz CT molecular complexity index is 3000. The minimum absolute atomic E-state index is 0.163. The van der Waals surface area contributed by atoms with Gasteiger partial charge in [0.25, 0.3) is 0 Å². The van der Waals surface area contributed by atoms with E-state index in [2.05, 4.69) is 121 Å². The van der Waals surface area contributed by atoms with Crippen molar-refractivity contribution in [1.29, 1.82) is 0 Å². The zero-order chi connectivity index (χ0) is 47.3. The van der Waals surface area contributed by atoms with Gasteiger partial charge in [0.2, 0.25) is 9.84 Å². The fourth-order valence-electron chi connectivity index (χ4n) is 8.70. The monoisotopic (exact) mass is 1070 g/mol. The molecule has 0 heterocycles. The Morgan fingerprint density at radius 2 is 0.603 bits per heavy atom. The summed E-state index contributed by atoms with van der Waals surface area (Å²) in [4.78, 5) is 0.819. The van der Waals surface area contributed by atoms with E-state index in [4.69, 9.17) is 30.8 Å².